The maximum Gasteiger partial charge on any atom is 0.307 e. The molecule has 0 aromatic heterocycles. The van der Waals surface area contributed by atoms with Crippen LogP contribution < -0.4 is 5.73 Å². The van der Waals surface area contributed by atoms with Crippen molar-refractivity contribution in [2.45, 2.75) is 12.8 Å². The minimum atomic E-state index is -1.10. The zero-order valence-electron chi connectivity index (χ0n) is 9.02. The number of nitrogens with two attached hydrogens (primary N) is 1. The van der Waals surface area contributed by atoms with Crippen molar-refractivity contribution in [3.05, 3.63) is 41.2 Å². The predicted octanol–water partition coefficient (Wildman–Crippen LogP) is 1.34. The van der Waals surface area contributed by atoms with E-state index < -0.39 is 17.7 Å². The molecule has 1 rings (SSSR count). The minimum absolute atomic E-state index is 0.0889. The van der Waals surface area contributed by atoms with E-state index >= 15 is 0 Å². The number of aliphatic carboxylic acids is 1. The Bertz CT molecular complexity index is 469. The molecular weight excluding hydrogens is 225 g/mol. The van der Waals surface area contributed by atoms with E-state index in [1.807, 2.05) is 0 Å². The number of benzene rings is 1. The lowest BCUT2D eigenvalue weighted by atomic mass is 10.1. The van der Waals surface area contributed by atoms with Crippen LogP contribution in [0.25, 0.3) is 6.08 Å². The average molecular weight is 237 g/mol. The highest BCUT2D eigenvalue weighted by Gasteiger charge is 2.06. The number of primary amides is 1. The Morgan fingerprint density at radius 2 is 2.12 bits per heavy atom. The van der Waals surface area contributed by atoms with Gasteiger partial charge < -0.3 is 10.8 Å². The molecule has 0 saturated carbocycles. The van der Waals surface area contributed by atoms with E-state index in [0.717, 1.165) is 0 Å². The molecule has 0 unspecified atom stereocenters. The van der Waals surface area contributed by atoms with Gasteiger partial charge in [0.25, 0.3) is 0 Å². The number of carbonyl (C=O) groups excluding carboxylic acids is 1. The summed E-state index contributed by atoms with van der Waals surface area (Å²) in [6.07, 6.45) is 2.85. The summed E-state index contributed by atoms with van der Waals surface area (Å²) < 4.78 is 13.2. The van der Waals surface area contributed by atoms with E-state index in [9.17, 15) is 14.0 Å². The van der Waals surface area contributed by atoms with E-state index in [2.05, 4.69) is 0 Å². The molecule has 0 atom stereocenters. The Labute approximate surface area is 97.6 Å². The monoisotopic (exact) mass is 237 g/mol. The number of hydrogen-bond acceptors (Lipinski definition) is 2. The Hall–Kier alpha value is -2.17. The lowest BCUT2D eigenvalue weighted by Crippen LogP contribution is -2.07. The van der Waals surface area contributed by atoms with Crippen molar-refractivity contribution < 1.29 is 19.1 Å². The maximum absolute atomic E-state index is 13.2. The summed E-state index contributed by atoms with van der Waals surface area (Å²) in [6.45, 7) is 0. The lowest BCUT2D eigenvalue weighted by Gasteiger charge is -2.01. The van der Waals surface area contributed by atoms with Crippen molar-refractivity contribution in [2.75, 3.05) is 0 Å². The van der Waals surface area contributed by atoms with Crippen LogP contribution in [0.1, 0.15) is 17.5 Å². The topological polar surface area (TPSA) is 80.4 Å². The molecule has 0 fully saturated rings. The van der Waals surface area contributed by atoms with Crippen LogP contribution >= 0.6 is 0 Å². The fourth-order valence-electron chi connectivity index (χ4n) is 1.31. The smallest absolute Gasteiger partial charge is 0.307 e. The van der Waals surface area contributed by atoms with Crippen LogP contribution in [-0.4, -0.2) is 17.0 Å². The number of carboxylic acids is 1. The van der Waals surface area contributed by atoms with Crippen molar-refractivity contribution in [3.8, 4) is 0 Å². The van der Waals surface area contributed by atoms with E-state index in [-0.39, 0.29) is 18.4 Å². The van der Waals surface area contributed by atoms with E-state index in [1.165, 1.54) is 18.2 Å². The molecule has 0 spiro atoms. The summed E-state index contributed by atoms with van der Waals surface area (Å²) >= 11 is 0. The van der Waals surface area contributed by atoms with Gasteiger partial charge in [0.2, 0.25) is 5.91 Å². The standard InChI is InChI=1S/C12H12FNO3/c13-10-5-4-8(2-1-3-11(14)15)6-9(10)7-12(16)17/h1-2,4-6H,3,7H2,(H2,14,15)(H,16,17). The van der Waals surface area contributed by atoms with Crippen LogP contribution in [-0.2, 0) is 16.0 Å². The molecule has 0 aliphatic heterocycles. The summed E-state index contributed by atoms with van der Waals surface area (Å²) in [5.41, 5.74) is 5.69. The second kappa shape index (κ2) is 5.79. The highest BCUT2D eigenvalue weighted by atomic mass is 19.1. The molecule has 0 aliphatic carbocycles. The largest absolute Gasteiger partial charge is 0.481 e. The van der Waals surface area contributed by atoms with E-state index in [0.29, 0.717) is 5.56 Å². The van der Waals surface area contributed by atoms with Crippen molar-refractivity contribution >= 4 is 18.0 Å². The van der Waals surface area contributed by atoms with Crippen molar-refractivity contribution in [2.24, 2.45) is 5.73 Å². The van der Waals surface area contributed by atoms with Crippen molar-refractivity contribution in [1.29, 1.82) is 0 Å². The van der Waals surface area contributed by atoms with Gasteiger partial charge in [-0.05, 0) is 23.3 Å². The minimum Gasteiger partial charge on any atom is -0.481 e. The zero-order chi connectivity index (χ0) is 12.8. The molecule has 0 bridgehead atoms. The molecule has 1 aromatic carbocycles. The number of amides is 1. The normalized spacial score (nSPS) is 10.6. The first-order valence-electron chi connectivity index (χ1n) is 4.94. The van der Waals surface area contributed by atoms with Crippen LogP contribution in [0.3, 0.4) is 0 Å². The van der Waals surface area contributed by atoms with Crippen LogP contribution in [0.15, 0.2) is 24.3 Å². The first-order valence-corrected chi connectivity index (χ1v) is 4.94. The van der Waals surface area contributed by atoms with Gasteiger partial charge in [0.1, 0.15) is 5.82 Å². The third-order valence-electron chi connectivity index (χ3n) is 2.04. The van der Waals surface area contributed by atoms with Crippen LogP contribution in [0.5, 0.6) is 0 Å². The molecule has 1 aromatic rings. The third kappa shape index (κ3) is 4.46. The van der Waals surface area contributed by atoms with Gasteiger partial charge in [-0.25, -0.2) is 4.39 Å². The SMILES string of the molecule is NC(=O)CC=Cc1ccc(F)c(CC(=O)O)c1. The Balaban J connectivity index is 2.84. The highest BCUT2D eigenvalue weighted by molar-refractivity contribution is 5.76. The molecule has 90 valence electrons. The summed E-state index contributed by atoms with van der Waals surface area (Å²) in [7, 11) is 0. The molecule has 0 aliphatic rings. The van der Waals surface area contributed by atoms with E-state index in [1.54, 1.807) is 12.2 Å². The van der Waals surface area contributed by atoms with Crippen molar-refractivity contribution in [3.63, 3.8) is 0 Å². The van der Waals surface area contributed by atoms with Gasteiger partial charge in [0.15, 0.2) is 0 Å². The first kappa shape index (κ1) is 12.9. The zero-order valence-corrected chi connectivity index (χ0v) is 9.02. The maximum atomic E-state index is 13.2. The third-order valence-corrected chi connectivity index (χ3v) is 2.04. The summed E-state index contributed by atoms with van der Waals surface area (Å²) in [5, 5.41) is 8.59. The van der Waals surface area contributed by atoms with Crippen molar-refractivity contribution in [1.82, 2.24) is 0 Å². The molecule has 3 N–H and O–H groups in total. The fourth-order valence-corrected chi connectivity index (χ4v) is 1.31. The molecule has 0 saturated heterocycles. The van der Waals surface area contributed by atoms with Gasteiger partial charge in [-0.15, -0.1) is 0 Å². The first-order chi connectivity index (χ1) is 7.99. The quantitative estimate of drug-likeness (QED) is 0.810. The number of carboxylic acid groups (broad SMARTS) is 1. The van der Waals surface area contributed by atoms with Gasteiger partial charge in [0.05, 0.1) is 6.42 Å². The number of rotatable bonds is 5. The van der Waals surface area contributed by atoms with Gasteiger partial charge in [0, 0.05) is 6.42 Å². The van der Waals surface area contributed by atoms with Crippen LogP contribution in [0, 0.1) is 5.82 Å². The van der Waals surface area contributed by atoms with Crippen LogP contribution in [0.2, 0.25) is 0 Å². The predicted molar refractivity (Wildman–Crippen MR) is 60.6 cm³/mol. The summed E-state index contributed by atoms with van der Waals surface area (Å²) in [5.74, 6) is -2.12. The molecule has 0 radical (unpaired) electrons. The Morgan fingerprint density at radius 3 is 2.71 bits per heavy atom. The Kier molecular flexibility index (Phi) is 4.39. The molecule has 1 amide bonds. The summed E-state index contributed by atoms with van der Waals surface area (Å²) in [4.78, 5) is 21.0. The number of halogens is 1. The van der Waals surface area contributed by atoms with E-state index in [4.69, 9.17) is 10.8 Å². The average Bonchev–Trinajstić information content (AvgIpc) is 2.21. The van der Waals surface area contributed by atoms with Gasteiger partial charge in [-0.1, -0.05) is 18.2 Å². The summed E-state index contributed by atoms with van der Waals surface area (Å²) in [6, 6.07) is 4.13. The number of hydrogen-bond donors (Lipinski definition) is 2. The lowest BCUT2D eigenvalue weighted by molar-refractivity contribution is -0.136. The molecule has 4 nitrogen and oxygen atoms in total. The van der Waals surface area contributed by atoms with Gasteiger partial charge >= 0.3 is 5.97 Å². The molecular formula is C12H12FNO3. The second-order valence-electron chi connectivity index (χ2n) is 3.49. The molecule has 17 heavy (non-hydrogen) atoms. The highest BCUT2D eigenvalue weighted by Crippen LogP contribution is 2.13. The Morgan fingerprint density at radius 1 is 1.41 bits per heavy atom. The molecule has 0 heterocycles. The fraction of sp³-hybridized carbons (Fsp3) is 0.167. The van der Waals surface area contributed by atoms with Gasteiger partial charge in [-0.3, -0.25) is 9.59 Å². The molecule has 5 heteroatoms. The van der Waals surface area contributed by atoms with Crippen LogP contribution in [0.4, 0.5) is 4.39 Å². The second-order valence-corrected chi connectivity index (χ2v) is 3.49. The number of carbonyl (C=O) groups is 2. The van der Waals surface area contributed by atoms with Gasteiger partial charge in [-0.2, -0.15) is 0 Å².